The van der Waals surface area contributed by atoms with Crippen LogP contribution < -0.4 is 4.74 Å². The van der Waals surface area contributed by atoms with Crippen molar-refractivity contribution in [2.24, 2.45) is 0 Å². The van der Waals surface area contributed by atoms with Gasteiger partial charge in [0, 0.05) is 18.5 Å². The lowest BCUT2D eigenvalue weighted by atomic mass is 10.3. The summed E-state index contributed by atoms with van der Waals surface area (Å²) in [6.07, 6.45) is 2.93. The van der Waals surface area contributed by atoms with E-state index in [1.807, 2.05) is 31.6 Å². The fraction of sp³-hybridized carbons (Fsp3) is 0.667. The Balaban J connectivity index is 0.000000336. The number of aromatic nitrogens is 2. The van der Waals surface area contributed by atoms with Gasteiger partial charge in [0.15, 0.2) is 0 Å². The van der Waals surface area contributed by atoms with Crippen molar-refractivity contribution in [2.75, 3.05) is 6.61 Å². The van der Waals surface area contributed by atoms with Crippen LogP contribution in [0.2, 0.25) is 0 Å². The lowest BCUT2D eigenvalue weighted by molar-refractivity contribution is 0.229. The van der Waals surface area contributed by atoms with Crippen molar-refractivity contribution < 1.29 is 4.74 Å². The van der Waals surface area contributed by atoms with E-state index in [0.717, 1.165) is 31.0 Å². The second-order valence-electron chi connectivity index (χ2n) is 2.56. The highest BCUT2D eigenvalue weighted by molar-refractivity contribution is 5.22. The average Bonchev–Trinajstić information content (AvgIpc) is 2.53. The van der Waals surface area contributed by atoms with Crippen molar-refractivity contribution in [3.63, 3.8) is 0 Å². The summed E-state index contributed by atoms with van der Waals surface area (Å²) in [6.45, 7) is 7.86. The van der Waals surface area contributed by atoms with Crippen LogP contribution in [0.4, 0.5) is 0 Å². The maximum absolute atomic E-state index is 5.39. The van der Waals surface area contributed by atoms with Gasteiger partial charge in [0.2, 0.25) is 5.88 Å². The summed E-state index contributed by atoms with van der Waals surface area (Å²) in [5, 5.41) is 4.15. The molecule has 0 aliphatic carbocycles. The Morgan fingerprint density at radius 2 is 2.25 bits per heavy atom. The molecule has 0 saturated heterocycles. The van der Waals surface area contributed by atoms with Gasteiger partial charge < -0.3 is 4.74 Å². The minimum atomic E-state index is 0.840. The van der Waals surface area contributed by atoms with Gasteiger partial charge in [0.05, 0.1) is 12.8 Å². The van der Waals surface area contributed by atoms with Gasteiger partial charge in [0.1, 0.15) is 0 Å². The molecule has 1 aromatic rings. The van der Waals surface area contributed by atoms with E-state index in [0.29, 0.717) is 0 Å². The fourth-order valence-corrected chi connectivity index (χ4v) is 1.20. The lowest BCUT2D eigenvalue weighted by Gasteiger charge is -2.14. The van der Waals surface area contributed by atoms with Gasteiger partial charge in [0.25, 0.3) is 0 Å². The van der Waals surface area contributed by atoms with Crippen LogP contribution in [0.25, 0.3) is 0 Å². The molecule has 0 fully saturated rings. The van der Waals surface area contributed by atoms with E-state index in [4.69, 9.17) is 4.74 Å². The van der Waals surface area contributed by atoms with E-state index in [2.05, 4.69) is 5.10 Å². The summed E-state index contributed by atoms with van der Waals surface area (Å²) in [7, 11) is 0. The molecule has 0 saturated carbocycles. The molecule has 2 rings (SSSR count). The predicted octanol–water partition coefficient (Wildman–Crippen LogP) is 2.00. The molecule has 1 aromatic heterocycles. The molecule has 3 nitrogen and oxygen atoms in total. The van der Waals surface area contributed by atoms with Gasteiger partial charge in [-0.2, -0.15) is 5.10 Å². The van der Waals surface area contributed by atoms with Crippen molar-refractivity contribution in [3.05, 3.63) is 11.8 Å². The largest absolute Gasteiger partial charge is 0.478 e. The number of fused-ring (bicyclic) bond motifs is 1. The van der Waals surface area contributed by atoms with Crippen LogP contribution in [0.1, 0.15) is 25.8 Å². The van der Waals surface area contributed by atoms with E-state index in [9.17, 15) is 0 Å². The molecule has 0 amide bonds. The van der Waals surface area contributed by atoms with Gasteiger partial charge in [-0.1, -0.05) is 13.8 Å². The van der Waals surface area contributed by atoms with Crippen LogP contribution in [-0.2, 0) is 6.54 Å². The minimum absolute atomic E-state index is 0.840. The van der Waals surface area contributed by atoms with E-state index < -0.39 is 0 Å². The summed E-state index contributed by atoms with van der Waals surface area (Å²) >= 11 is 0. The molecular weight excluding hydrogens is 152 g/mol. The molecule has 12 heavy (non-hydrogen) atoms. The highest BCUT2D eigenvalue weighted by atomic mass is 16.5. The molecule has 0 bridgehead atoms. The van der Waals surface area contributed by atoms with Crippen molar-refractivity contribution in [1.82, 2.24) is 9.78 Å². The highest BCUT2D eigenvalue weighted by Gasteiger charge is 2.11. The maximum atomic E-state index is 5.39. The SMILES string of the molecule is CC.Cc1cnn2c1OCCC2. The molecule has 1 aliphatic heterocycles. The third-order valence-electron chi connectivity index (χ3n) is 1.72. The first-order valence-electron chi connectivity index (χ1n) is 4.53. The van der Waals surface area contributed by atoms with Crippen LogP contribution >= 0.6 is 0 Å². The fourth-order valence-electron chi connectivity index (χ4n) is 1.20. The van der Waals surface area contributed by atoms with Crippen molar-refractivity contribution >= 4 is 0 Å². The van der Waals surface area contributed by atoms with Gasteiger partial charge in [-0.3, -0.25) is 0 Å². The van der Waals surface area contributed by atoms with Crippen LogP contribution in [0.3, 0.4) is 0 Å². The standard InChI is InChI=1S/C7H10N2O.C2H6/c1-6-5-8-9-3-2-4-10-7(6)9;1-2/h5H,2-4H2,1H3;1-2H3. The quantitative estimate of drug-likeness (QED) is 0.592. The molecule has 0 radical (unpaired) electrons. The third kappa shape index (κ3) is 1.60. The third-order valence-corrected chi connectivity index (χ3v) is 1.72. The topological polar surface area (TPSA) is 27.1 Å². The number of aryl methyl sites for hydroxylation is 2. The van der Waals surface area contributed by atoms with Gasteiger partial charge >= 0.3 is 0 Å². The summed E-state index contributed by atoms with van der Waals surface area (Å²) in [5.41, 5.74) is 1.14. The zero-order chi connectivity index (χ0) is 8.97. The number of hydrogen-bond acceptors (Lipinski definition) is 2. The zero-order valence-electron chi connectivity index (χ0n) is 8.00. The van der Waals surface area contributed by atoms with Crippen LogP contribution in [0, 0.1) is 6.92 Å². The smallest absolute Gasteiger partial charge is 0.214 e. The molecule has 0 atom stereocenters. The Kier molecular flexibility index (Phi) is 3.14. The summed E-state index contributed by atoms with van der Waals surface area (Å²) < 4.78 is 7.31. The van der Waals surface area contributed by atoms with E-state index in [1.165, 1.54) is 0 Å². The van der Waals surface area contributed by atoms with Gasteiger partial charge in [-0.25, -0.2) is 4.68 Å². The predicted molar refractivity (Wildman–Crippen MR) is 48.4 cm³/mol. The average molecular weight is 168 g/mol. The van der Waals surface area contributed by atoms with Crippen molar-refractivity contribution in [3.8, 4) is 5.88 Å². The number of nitrogens with zero attached hydrogens (tertiary/aromatic N) is 2. The molecule has 0 aromatic carbocycles. The summed E-state index contributed by atoms with van der Waals surface area (Å²) in [4.78, 5) is 0. The summed E-state index contributed by atoms with van der Waals surface area (Å²) in [6, 6.07) is 0. The second kappa shape index (κ2) is 4.14. The first kappa shape index (κ1) is 9.10. The van der Waals surface area contributed by atoms with Crippen LogP contribution in [0.15, 0.2) is 6.20 Å². The first-order valence-corrected chi connectivity index (χ1v) is 4.53. The maximum Gasteiger partial charge on any atom is 0.214 e. The second-order valence-corrected chi connectivity index (χ2v) is 2.56. The van der Waals surface area contributed by atoms with Gasteiger partial charge in [-0.05, 0) is 6.92 Å². The normalized spacial score (nSPS) is 13.9. The Hall–Kier alpha value is -0.990. The molecule has 3 heteroatoms. The Labute approximate surface area is 73.3 Å². The zero-order valence-corrected chi connectivity index (χ0v) is 8.00. The minimum Gasteiger partial charge on any atom is -0.478 e. The molecule has 2 heterocycles. The monoisotopic (exact) mass is 168 g/mol. The highest BCUT2D eigenvalue weighted by Crippen LogP contribution is 2.20. The number of hydrogen-bond donors (Lipinski definition) is 0. The van der Waals surface area contributed by atoms with Gasteiger partial charge in [-0.15, -0.1) is 0 Å². The number of rotatable bonds is 0. The Morgan fingerprint density at radius 1 is 1.50 bits per heavy atom. The van der Waals surface area contributed by atoms with E-state index >= 15 is 0 Å². The van der Waals surface area contributed by atoms with Crippen LogP contribution in [-0.4, -0.2) is 16.4 Å². The van der Waals surface area contributed by atoms with Crippen molar-refractivity contribution in [2.45, 2.75) is 33.7 Å². The number of ether oxygens (including phenoxy) is 1. The van der Waals surface area contributed by atoms with E-state index in [-0.39, 0.29) is 0 Å². The van der Waals surface area contributed by atoms with Crippen LogP contribution in [0.5, 0.6) is 5.88 Å². The lowest BCUT2D eigenvalue weighted by Crippen LogP contribution is -2.14. The Morgan fingerprint density at radius 3 is 2.92 bits per heavy atom. The molecule has 0 spiro atoms. The van der Waals surface area contributed by atoms with Crippen molar-refractivity contribution in [1.29, 1.82) is 0 Å². The van der Waals surface area contributed by atoms with E-state index in [1.54, 1.807) is 0 Å². The molecule has 68 valence electrons. The molecule has 0 unspecified atom stereocenters. The molecular formula is C9H16N2O. The Bertz CT molecular complexity index is 243. The summed E-state index contributed by atoms with van der Waals surface area (Å²) in [5.74, 6) is 0.950. The molecule has 0 N–H and O–H groups in total. The molecule has 1 aliphatic rings. The first-order chi connectivity index (χ1) is 5.88.